The lowest BCUT2D eigenvalue weighted by atomic mass is 10.0. The molecule has 0 saturated carbocycles. The highest BCUT2D eigenvalue weighted by molar-refractivity contribution is 5.25. The van der Waals surface area contributed by atoms with Gasteiger partial charge in [0, 0.05) is 18.2 Å². The third-order valence-corrected chi connectivity index (χ3v) is 3.33. The van der Waals surface area contributed by atoms with Crippen molar-refractivity contribution in [2.45, 2.75) is 39.3 Å². The smallest absolute Gasteiger partial charge is 0.0947 e. The van der Waals surface area contributed by atoms with Crippen LogP contribution < -0.4 is 5.32 Å². The van der Waals surface area contributed by atoms with E-state index in [2.05, 4.69) is 43.4 Å². The molecule has 2 rings (SSSR count). The summed E-state index contributed by atoms with van der Waals surface area (Å²) in [5.74, 6) is 0. The van der Waals surface area contributed by atoms with Crippen molar-refractivity contribution in [3.05, 3.63) is 59.5 Å². The van der Waals surface area contributed by atoms with Crippen molar-refractivity contribution in [3.63, 3.8) is 0 Å². The molecule has 0 radical (unpaired) electrons. The summed E-state index contributed by atoms with van der Waals surface area (Å²) in [5, 5.41) is 3.57. The molecule has 0 saturated heterocycles. The van der Waals surface area contributed by atoms with Gasteiger partial charge in [0.2, 0.25) is 0 Å². The monoisotopic (exact) mass is 243 g/mol. The van der Waals surface area contributed by atoms with Gasteiger partial charge in [0.1, 0.15) is 0 Å². The van der Waals surface area contributed by atoms with Crippen LogP contribution in [0, 0.1) is 0 Å². The number of rotatable bonds is 6. The largest absolute Gasteiger partial charge is 0.472 e. The SMILES string of the molecule is CCc1ccc(C(CC)NCc2ccoc2)cc1. The molecule has 96 valence electrons. The van der Waals surface area contributed by atoms with Crippen molar-refractivity contribution in [2.24, 2.45) is 0 Å². The average molecular weight is 243 g/mol. The van der Waals surface area contributed by atoms with Crippen LogP contribution in [-0.4, -0.2) is 0 Å². The third kappa shape index (κ3) is 3.23. The van der Waals surface area contributed by atoms with E-state index in [1.165, 1.54) is 16.7 Å². The van der Waals surface area contributed by atoms with Gasteiger partial charge in [0.15, 0.2) is 0 Å². The van der Waals surface area contributed by atoms with Gasteiger partial charge in [-0.1, -0.05) is 38.1 Å². The van der Waals surface area contributed by atoms with Crippen LogP contribution in [0.15, 0.2) is 47.3 Å². The van der Waals surface area contributed by atoms with Gasteiger partial charge in [-0.25, -0.2) is 0 Å². The van der Waals surface area contributed by atoms with Crippen molar-refractivity contribution in [1.29, 1.82) is 0 Å². The van der Waals surface area contributed by atoms with E-state index < -0.39 is 0 Å². The number of furan rings is 1. The number of hydrogen-bond acceptors (Lipinski definition) is 2. The number of benzene rings is 1. The molecule has 0 amide bonds. The van der Waals surface area contributed by atoms with Gasteiger partial charge in [-0.3, -0.25) is 0 Å². The summed E-state index contributed by atoms with van der Waals surface area (Å²) < 4.78 is 5.08. The Hall–Kier alpha value is -1.54. The van der Waals surface area contributed by atoms with Crippen LogP contribution in [0.1, 0.15) is 43.0 Å². The van der Waals surface area contributed by atoms with E-state index in [0.29, 0.717) is 6.04 Å². The van der Waals surface area contributed by atoms with Crippen LogP contribution in [-0.2, 0) is 13.0 Å². The second kappa shape index (κ2) is 6.41. The Bertz CT molecular complexity index is 444. The molecule has 0 spiro atoms. The van der Waals surface area contributed by atoms with Crippen LogP contribution in [0.3, 0.4) is 0 Å². The molecule has 0 aliphatic heterocycles. The first-order valence-electron chi connectivity index (χ1n) is 6.66. The van der Waals surface area contributed by atoms with Gasteiger partial charge in [-0.05, 0) is 30.0 Å². The molecular formula is C16H21NO. The maximum atomic E-state index is 5.08. The van der Waals surface area contributed by atoms with Gasteiger partial charge in [-0.2, -0.15) is 0 Å². The number of hydrogen-bond donors (Lipinski definition) is 1. The van der Waals surface area contributed by atoms with Crippen molar-refractivity contribution in [2.75, 3.05) is 0 Å². The summed E-state index contributed by atoms with van der Waals surface area (Å²) in [7, 11) is 0. The average Bonchev–Trinajstić information content (AvgIpc) is 2.93. The molecule has 0 aliphatic rings. The van der Waals surface area contributed by atoms with Gasteiger partial charge < -0.3 is 9.73 Å². The molecule has 1 unspecified atom stereocenters. The highest BCUT2D eigenvalue weighted by Crippen LogP contribution is 2.18. The lowest BCUT2D eigenvalue weighted by Gasteiger charge is -2.17. The van der Waals surface area contributed by atoms with Gasteiger partial charge >= 0.3 is 0 Å². The molecule has 2 heteroatoms. The molecule has 0 bridgehead atoms. The second-order valence-corrected chi connectivity index (χ2v) is 4.57. The molecule has 1 aromatic carbocycles. The minimum atomic E-state index is 0.408. The van der Waals surface area contributed by atoms with Crippen molar-refractivity contribution in [1.82, 2.24) is 5.32 Å². The van der Waals surface area contributed by atoms with E-state index in [1.54, 1.807) is 12.5 Å². The van der Waals surface area contributed by atoms with Crippen LogP contribution in [0.4, 0.5) is 0 Å². The third-order valence-electron chi connectivity index (χ3n) is 3.33. The van der Waals surface area contributed by atoms with Crippen molar-refractivity contribution < 1.29 is 4.42 Å². The maximum Gasteiger partial charge on any atom is 0.0947 e. The van der Waals surface area contributed by atoms with E-state index in [0.717, 1.165) is 19.4 Å². The molecule has 1 atom stereocenters. The Morgan fingerprint density at radius 2 is 1.83 bits per heavy atom. The van der Waals surface area contributed by atoms with Gasteiger partial charge in [0.05, 0.1) is 12.5 Å². The second-order valence-electron chi connectivity index (χ2n) is 4.57. The molecule has 1 heterocycles. The van der Waals surface area contributed by atoms with Crippen LogP contribution in [0.2, 0.25) is 0 Å². The Kier molecular flexibility index (Phi) is 4.59. The molecule has 2 aromatic rings. The molecule has 0 fully saturated rings. The standard InChI is InChI=1S/C16H21NO/c1-3-13-5-7-15(8-6-13)16(4-2)17-11-14-9-10-18-12-14/h5-10,12,16-17H,3-4,11H2,1-2H3. The van der Waals surface area contributed by atoms with E-state index in [9.17, 15) is 0 Å². The van der Waals surface area contributed by atoms with Crippen LogP contribution >= 0.6 is 0 Å². The first kappa shape index (κ1) is 12.9. The summed E-state index contributed by atoms with van der Waals surface area (Å²) in [6, 6.07) is 11.3. The Morgan fingerprint density at radius 1 is 1.06 bits per heavy atom. The summed E-state index contributed by atoms with van der Waals surface area (Å²) >= 11 is 0. The van der Waals surface area contributed by atoms with E-state index in [4.69, 9.17) is 4.42 Å². The summed E-state index contributed by atoms with van der Waals surface area (Å²) in [4.78, 5) is 0. The first-order chi connectivity index (χ1) is 8.83. The number of aryl methyl sites for hydroxylation is 1. The molecule has 1 aromatic heterocycles. The zero-order chi connectivity index (χ0) is 12.8. The fourth-order valence-corrected chi connectivity index (χ4v) is 2.12. The maximum absolute atomic E-state index is 5.08. The summed E-state index contributed by atoms with van der Waals surface area (Å²) in [5.41, 5.74) is 3.94. The topological polar surface area (TPSA) is 25.2 Å². The Labute approximate surface area is 109 Å². The fourth-order valence-electron chi connectivity index (χ4n) is 2.12. The summed E-state index contributed by atoms with van der Waals surface area (Å²) in [6.45, 7) is 5.24. The molecule has 0 aliphatic carbocycles. The molecule has 18 heavy (non-hydrogen) atoms. The Morgan fingerprint density at radius 3 is 2.39 bits per heavy atom. The first-order valence-corrected chi connectivity index (χ1v) is 6.66. The van der Waals surface area contributed by atoms with Crippen LogP contribution in [0.25, 0.3) is 0 Å². The quantitative estimate of drug-likeness (QED) is 0.827. The van der Waals surface area contributed by atoms with Gasteiger partial charge in [0.25, 0.3) is 0 Å². The van der Waals surface area contributed by atoms with Crippen molar-refractivity contribution in [3.8, 4) is 0 Å². The molecule has 1 N–H and O–H groups in total. The van der Waals surface area contributed by atoms with Gasteiger partial charge in [-0.15, -0.1) is 0 Å². The molecular weight excluding hydrogens is 222 g/mol. The van der Waals surface area contributed by atoms with E-state index in [-0.39, 0.29) is 0 Å². The zero-order valence-electron chi connectivity index (χ0n) is 11.1. The lowest BCUT2D eigenvalue weighted by molar-refractivity contribution is 0.512. The lowest BCUT2D eigenvalue weighted by Crippen LogP contribution is -2.19. The predicted molar refractivity (Wildman–Crippen MR) is 74.4 cm³/mol. The predicted octanol–water partition coefficient (Wildman–Crippen LogP) is 4.08. The summed E-state index contributed by atoms with van der Waals surface area (Å²) in [6.07, 6.45) is 5.69. The zero-order valence-corrected chi connectivity index (χ0v) is 11.1. The van der Waals surface area contributed by atoms with Crippen molar-refractivity contribution >= 4 is 0 Å². The highest BCUT2D eigenvalue weighted by Gasteiger charge is 2.08. The fraction of sp³-hybridized carbons (Fsp3) is 0.375. The highest BCUT2D eigenvalue weighted by atomic mass is 16.3. The minimum Gasteiger partial charge on any atom is -0.472 e. The Balaban J connectivity index is 1.98. The normalized spacial score (nSPS) is 12.6. The van der Waals surface area contributed by atoms with E-state index in [1.807, 2.05) is 6.07 Å². The molecule has 2 nitrogen and oxygen atoms in total. The minimum absolute atomic E-state index is 0.408. The number of nitrogens with one attached hydrogen (secondary N) is 1. The van der Waals surface area contributed by atoms with E-state index >= 15 is 0 Å². The van der Waals surface area contributed by atoms with Crippen LogP contribution in [0.5, 0.6) is 0 Å².